The molecule has 0 unspecified atom stereocenters. The molecule has 0 aromatic heterocycles. The van der Waals surface area contributed by atoms with Crippen molar-refractivity contribution in [3.05, 3.63) is 29.8 Å². The SMILES string of the molecule is NC(N)=NCN1CCCc2ccccc21. The second-order valence-electron chi connectivity index (χ2n) is 3.72. The molecule has 2 rings (SSSR count). The van der Waals surface area contributed by atoms with E-state index in [1.807, 2.05) is 6.07 Å². The van der Waals surface area contributed by atoms with Crippen molar-refractivity contribution in [2.75, 3.05) is 18.1 Å². The van der Waals surface area contributed by atoms with Gasteiger partial charge in [-0.05, 0) is 24.5 Å². The van der Waals surface area contributed by atoms with E-state index in [1.54, 1.807) is 0 Å². The van der Waals surface area contributed by atoms with Crippen LogP contribution in [0.4, 0.5) is 5.69 Å². The summed E-state index contributed by atoms with van der Waals surface area (Å²) in [5, 5.41) is 0. The molecular weight excluding hydrogens is 188 g/mol. The van der Waals surface area contributed by atoms with Crippen molar-refractivity contribution in [2.45, 2.75) is 12.8 Å². The number of guanidine groups is 1. The number of fused-ring (bicyclic) bond motifs is 1. The number of hydrogen-bond acceptors (Lipinski definition) is 2. The smallest absolute Gasteiger partial charge is 0.187 e. The molecule has 4 heteroatoms. The summed E-state index contributed by atoms with van der Waals surface area (Å²) < 4.78 is 0. The molecule has 0 aliphatic carbocycles. The number of para-hydroxylation sites is 1. The summed E-state index contributed by atoms with van der Waals surface area (Å²) in [5.41, 5.74) is 13.3. The van der Waals surface area contributed by atoms with Crippen LogP contribution in [0, 0.1) is 0 Å². The highest BCUT2D eigenvalue weighted by atomic mass is 15.2. The Labute approximate surface area is 89.6 Å². The highest BCUT2D eigenvalue weighted by Gasteiger charge is 2.14. The third-order valence-electron chi connectivity index (χ3n) is 2.63. The third-order valence-corrected chi connectivity index (χ3v) is 2.63. The number of aryl methyl sites for hydroxylation is 1. The van der Waals surface area contributed by atoms with E-state index < -0.39 is 0 Å². The predicted octanol–water partition coefficient (Wildman–Crippen LogP) is 0.670. The van der Waals surface area contributed by atoms with Gasteiger partial charge in [-0.2, -0.15) is 0 Å². The van der Waals surface area contributed by atoms with Crippen molar-refractivity contribution in [1.29, 1.82) is 0 Å². The van der Waals surface area contributed by atoms with Gasteiger partial charge in [0.05, 0.1) is 0 Å². The predicted molar refractivity (Wildman–Crippen MR) is 62.8 cm³/mol. The second kappa shape index (κ2) is 4.21. The minimum Gasteiger partial charge on any atom is -0.370 e. The zero-order chi connectivity index (χ0) is 10.7. The van der Waals surface area contributed by atoms with Crippen LogP contribution in [-0.2, 0) is 6.42 Å². The van der Waals surface area contributed by atoms with Crippen LogP contribution in [-0.4, -0.2) is 19.2 Å². The van der Waals surface area contributed by atoms with E-state index in [9.17, 15) is 0 Å². The highest BCUT2D eigenvalue weighted by molar-refractivity contribution is 5.75. The molecule has 0 saturated heterocycles. The number of hydrogen-bond donors (Lipinski definition) is 2. The van der Waals surface area contributed by atoms with E-state index in [0.717, 1.165) is 19.4 Å². The molecule has 0 saturated carbocycles. The van der Waals surface area contributed by atoms with Crippen molar-refractivity contribution in [3.8, 4) is 0 Å². The topological polar surface area (TPSA) is 67.6 Å². The molecule has 4 N–H and O–H groups in total. The molecule has 15 heavy (non-hydrogen) atoms. The Bertz CT molecular complexity index is 369. The fourth-order valence-corrected chi connectivity index (χ4v) is 1.93. The summed E-state index contributed by atoms with van der Waals surface area (Å²) in [7, 11) is 0. The van der Waals surface area contributed by atoms with Gasteiger partial charge in [0.1, 0.15) is 6.67 Å². The molecule has 1 aliphatic rings. The van der Waals surface area contributed by atoms with Crippen LogP contribution in [0.1, 0.15) is 12.0 Å². The Morgan fingerprint density at radius 2 is 2.13 bits per heavy atom. The fourth-order valence-electron chi connectivity index (χ4n) is 1.93. The molecule has 0 atom stereocenters. The number of benzene rings is 1. The number of aliphatic imine (C=N–C) groups is 1. The van der Waals surface area contributed by atoms with Gasteiger partial charge in [0.15, 0.2) is 5.96 Å². The molecule has 0 bridgehead atoms. The molecule has 80 valence electrons. The molecule has 0 amide bonds. The first-order chi connectivity index (χ1) is 7.27. The Morgan fingerprint density at radius 3 is 2.93 bits per heavy atom. The van der Waals surface area contributed by atoms with Crippen LogP contribution < -0.4 is 16.4 Å². The summed E-state index contributed by atoms with van der Waals surface area (Å²) >= 11 is 0. The molecule has 1 aliphatic heterocycles. The lowest BCUT2D eigenvalue weighted by Crippen LogP contribution is -2.32. The standard InChI is InChI=1S/C11H16N4/c12-11(13)14-8-15-7-3-5-9-4-1-2-6-10(9)15/h1-2,4,6H,3,5,7-8H2,(H4,12,13,14). The van der Waals surface area contributed by atoms with Crippen molar-refractivity contribution in [1.82, 2.24) is 0 Å². The molecule has 1 aromatic rings. The summed E-state index contributed by atoms with van der Waals surface area (Å²) in [6.07, 6.45) is 2.31. The number of nitrogens with two attached hydrogens (primary N) is 2. The lowest BCUT2D eigenvalue weighted by atomic mass is 10.0. The first kappa shape index (κ1) is 9.83. The monoisotopic (exact) mass is 204 g/mol. The molecule has 1 heterocycles. The van der Waals surface area contributed by atoms with Gasteiger partial charge in [-0.1, -0.05) is 18.2 Å². The summed E-state index contributed by atoms with van der Waals surface area (Å²) in [6.45, 7) is 1.58. The van der Waals surface area contributed by atoms with Crippen molar-refractivity contribution in [2.24, 2.45) is 16.5 Å². The normalized spacial score (nSPS) is 14.5. The zero-order valence-electron chi connectivity index (χ0n) is 8.69. The first-order valence-corrected chi connectivity index (χ1v) is 5.15. The third kappa shape index (κ3) is 2.21. The highest BCUT2D eigenvalue weighted by Crippen LogP contribution is 2.26. The summed E-state index contributed by atoms with van der Waals surface area (Å²) in [5.74, 6) is 0.151. The average molecular weight is 204 g/mol. The van der Waals surface area contributed by atoms with Gasteiger partial charge >= 0.3 is 0 Å². The van der Waals surface area contributed by atoms with Crippen LogP contribution in [0.25, 0.3) is 0 Å². The van der Waals surface area contributed by atoms with E-state index in [0.29, 0.717) is 6.67 Å². The minimum atomic E-state index is 0.151. The average Bonchev–Trinajstić information content (AvgIpc) is 2.26. The van der Waals surface area contributed by atoms with E-state index in [-0.39, 0.29) is 5.96 Å². The van der Waals surface area contributed by atoms with Gasteiger partial charge in [0.2, 0.25) is 0 Å². The number of nitrogens with zero attached hydrogens (tertiary/aromatic N) is 2. The zero-order valence-corrected chi connectivity index (χ0v) is 8.69. The quantitative estimate of drug-likeness (QED) is 0.549. The van der Waals surface area contributed by atoms with Crippen LogP contribution in [0.15, 0.2) is 29.3 Å². The lowest BCUT2D eigenvalue weighted by Gasteiger charge is -2.29. The van der Waals surface area contributed by atoms with E-state index in [1.165, 1.54) is 11.3 Å². The van der Waals surface area contributed by atoms with E-state index >= 15 is 0 Å². The van der Waals surface area contributed by atoms with Crippen molar-refractivity contribution >= 4 is 11.6 Å². The van der Waals surface area contributed by atoms with Gasteiger partial charge < -0.3 is 16.4 Å². The molecule has 0 spiro atoms. The van der Waals surface area contributed by atoms with Gasteiger partial charge in [-0.3, -0.25) is 0 Å². The summed E-state index contributed by atoms with van der Waals surface area (Å²) in [4.78, 5) is 6.25. The molecule has 0 fully saturated rings. The van der Waals surface area contributed by atoms with Crippen LogP contribution in [0.3, 0.4) is 0 Å². The van der Waals surface area contributed by atoms with E-state index in [4.69, 9.17) is 11.5 Å². The Hall–Kier alpha value is -1.71. The molecular formula is C11H16N4. The number of rotatable bonds is 2. The Balaban J connectivity index is 2.19. The fraction of sp³-hybridized carbons (Fsp3) is 0.364. The Morgan fingerprint density at radius 1 is 1.33 bits per heavy atom. The maximum atomic E-state index is 5.33. The first-order valence-electron chi connectivity index (χ1n) is 5.15. The van der Waals surface area contributed by atoms with Gasteiger partial charge in [-0.25, -0.2) is 4.99 Å². The maximum absolute atomic E-state index is 5.33. The van der Waals surface area contributed by atoms with Gasteiger partial charge in [0, 0.05) is 12.2 Å². The van der Waals surface area contributed by atoms with Gasteiger partial charge in [0.25, 0.3) is 0 Å². The summed E-state index contributed by atoms with van der Waals surface area (Å²) in [6, 6.07) is 8.41. The van der Waals surface area contributed by atoms with Crippen LogP contribution in [0.2, 0.25) is 0 Å². The lowest BCUT2D eigenvalue weighted by molar-refractivity contribution is 0.699. The molecule has 4 nitrogen and oxygen atoms in total. The second-order valence-corrected chi connectivity index (χ2v) is 3.72. The van der Waals surface area contributed by atoms with Crippen LogP contribution >= 0.6 is 0 Å². The van der Waals surface area contributed by atoms with Crippen molar-refractivity contribution < 1.29 is 0 Å². The largest absolute Gasteiger partial charge is 0.370 e. The minimum absolute atomic E-state index is 0.151. The molecule has 0 radical (unpaired) electrons. The van der Waals surface area contributed by atoms with Crippen molar-refractivity contribution in [3.63, 3.8) is 0 Å². The Kier molecular flexibility index (Phi) is 2.76. The maximum Gasteiger partial charge on any atom is 0.187 e. The van der Waals surface area contributed by atoms with Crippen LogP contribution in [0.5, 0.6) is 0 Å². The van der Waals surface area contributed by atoms with Gasteiger partial charge in [-0.15, -0.1) is 0 Å². The molecule has 1 aromatic carbocycles. The number of anilines is 1. The van der Waals surface area contributed by atoms with E-state index in [2.05, 4.69) is 28.1 Å².